The van der Waals surface area contributed by atoms with E-state index in [0.717, 1.165) is 0 Å². The van der Waals surface area contributed by atoms with Gasteiger partial charge in [-0.2, -0.15) is 0 Å². The van der Waals surface area contributed by atoms with Crippen LogP contribution in [0.15, 0.2) is 0 Å². The number of ketones is 1. The van der Waals surface area contributed by atoms with Crippen LogP contribution in [0.5, 0.6) is 0 Å². The predicted molar refractivity (Wildman–Crippen MR) is 45.3 cm³/mol. The van der Waals surface area contributed by atoms with Crippen LogP contribution in [-0.4, -0.2) is 21.3 Å². The van der Waals surface area contributed by atoms with Gasteiger partial charge in [0.1, 0.15) is 0 Å². The fourth-order valence-electron chi connectivity index (χ4n) is 0.170. The Morgan fingerprint density at radius 2 is 2.00 bits per heavy atom. The first-order valence-electron chi connectivity index (χ1n) is 2.01. The van der Waals surface area contributed by atoms with Gasteiger partial charge < -0.3 is 0 Å². The van der Waals surface area contributed by atoms with Gasteiger partial charge in [0.15, 0.2) is 5.78 Å². The Labute approximate surface area is 73.6 Å². The number of hydrogen-bond donors (Lipinski definition) is 0. The summed E-state index contributed by atoms with van der Waals surface area (Å²) in [6, 6.07) is 0. The largest absolute Gasteiger partial charge is 0.297 e. The fourth-order valence-corrected chi connectivity index (χ4v) is 1.52. The van der Waals surface area contributed by atoms with Crippen LogP contribution in [0.4, 0.5) is 0 Å². The van der Waals surface area contributed by atoms with E-state index in [0.29, 0.717) is 10.7 Å². The van der Waals surface area contributed by atoms with Crippen molar-refractivity contribution in [1.82, 2.24) is 0 Å². The molecule has 0 aromatic rings. The first-order chi connectivity index (χ1) is 3.72. The molecule has 0 heterocycles. The van der Waals surface area contributed by atoms with Crippen LogP contribution in [0.3, 0.4) is 0 Å². The monoisotopic (exact) mass is 306 g/mol. The second-order valence-corrected chi connectivity index (χ2v) is 3.54. The molecule has 0 rings (SSSR count). The quantitative estimate of drug-likeness (QED) is 0.730. The maximum atomic E-state index is 10.6. The van der Waals surface area contributed by atoms with Crippen LogP contribution in [0.2, 0.25) is 0 Å². The molecule has 48 valence electrons. The van der Waals surface area contributed by atoms with E-state index in [1.165, 1.54) is 0 Å². The standard InChI is InChI=1S/C4H5Br3O/c5-1-3(7)4(8)2-6/h3H,1-2H2. The summed E-state index contributed by atoms with van der Waals surface area (Å²) in [6.45, 7) is 0. The van der Waals surface area contributed by atoms with E-state index in [2.05, 4.69) is 47.8 Å². The average molecular weight is 309 g/mol. The molecular formula is C4H5Br3O. The number of carbonyl (C=O) groups is 1. The third-order valence-corrected chi connectivity index (χ3v) is 3.52. The van der Waals surface area contributed by atoms with Crippen LogP contribution >= 0.6 is 47.8 Å². The van der Waals surface area contributed by atoms with E-state index >= 15 is 0 Å². The van der Waals surface area contributed by atoms with Crippen molar-refractivity contribution < 1.29 is 4.79 Å². The minimum atomic E-state index is -0.0399. The van der Waals surface area contributed by atoms with Crippen LogP contribution in [0.25, 0.3) is 0 Å². The summed E-state index contributed by atoms with van der Waals surface area (Å²) in [5.74, 6) is 0.168. The van der Waals surface area contributed by atoms with Crippen LogP contribution < -0.4 is 0 Å². The summed E-state index contributed by atoms with van der Waals surface area (Å²) in [4.78, 5) is 10.6. The van der Waals surface area contributed by atoms with E-state index in [9.17, 15) is 4.79 Å². The van der Waals surface area contributed by atoms with Gasteiger partial charge in [0.2, 0.25) is 0 Å². The summed E-state index contributed by atoms with van der Waals surface area (Å²) in [5.41, 5.74) is 0. The summed E-state index contributed by atoms with van der Waals surface area (Å²) in [7, 11) is 0. The van der Waals surface area contributed by atoms with Crippen molar-refractivity contribution in [2.75, 3.05) is 10.7 Å². The lowest BCUT2D eigenvalue weighted by molar-refractivity contribution is -0.115. The van der Waals surface area contributed by atoms with Crippen molar-refractivity contribution in [2.24, 2.45) is 0 Å². The molecule has 1 atom stereocenters. The lowest BCUT2D eigenvalue weighted by Crippen LogP contribution is -2.15. The molecule has 0 spiro atoms. The maximum Gasteiger partial charge on any atom is 0.157 e. The van der Waals surface area contributed by atoms with Gasteiger partial charge in [0.05, 0.1) is 10.2 Å². The number of alkyl halides is 3. The lowest BCUT2D eigenvalue weighted by atomic mass is 10.4. The maximum absolute atomic E-state index is 10.6. The summed E-state index contributed by atoms with van der Waals surface area (Å²) in [5, 5.41) is 1.10. The van der Waals surface area contributed by atoms with Crippen LogP contribution in [-0.2, 0) is 4.79 Å². The molecule has 0 amide bonds. The van der Waals surface area contributed by atoms with Gasteiger partial charge in [-0.1, -0.05) is 47.8 Å². The van der Waals surface area contributed by atoms with Gasteiger partial charge in [-0.3, -0.25) is 4.79 Å². The van der Waals surface area contributed by atoms with Gasteiger partial charge in [-0.15, -0.1) is 0 Å². The zero-order chi connectivity index (χ0) is 6.57. The van der Waals surface area contributed by atoms with Crippen molar-refractivity contribution in [1.29, 1.82) is 0 Å². The smallest absolute Gasteiger partial charge is 0.157 e. The fraction of sp³-hybridized carbons (Fsp3) is 0.750. The second-order valence-electron chi connectivity index (χ2n) is 1.22. The normalized spacial score (nSPS) is 13.4. The number of Topliss-reactive ketones (excluding diaryl/α,β-unsaturated/α-hetero) is 1. The zero-order valence-electron chi connectivity index (χ0n) is 4.03. The molecule has 0 aromatic carbocycles. The molecule has 1 unspecified atom stereocenters. The van der Waals surface area contributed by atoms with Crippen LogP contribution in [0, 0.1) is 0 Å². The molecule has 0 radical (unpaired) electrons. The minimum Gasteiger partial charge on any atom is -0.297 e. The molecule has 4 heteroatoms. The van der Waals surface area contributed by atoms with E-state index in [1.807, 2.05) is 0 Å². The molecule has 0 bridgehead atoms. The Bertz CT molecular complexity index is 83.4. The third-order valence-electron chi connectivity index (χ3n) is 0.617. The molecule has 0 N–H and O–H groups in total. The highest BCUT2D eigenvalue weighted by atomic mass is 79.9. The molecule has 0 aliphatic carbocycles. The first-order valence-corrected chi connectivity index (χ1v) is 5.17. The molecule has 0 saturated heterocycles. The topological polar surface area (TPSA) is 17.1 Å². The highest BCUT2D eigenvalue weighted by molar-refractivity contribution is 9.12. The van der Waals surface area contributed by atoms with Crippen molar-refractivity contribution in [3.63, 3.8) is 0 Å². The van der Waals surface area contributed by atoms with Crippen LogP contribution in [0.1, 0.15) is 0 Å². The van der Waals surface area contributed by atoms with E-state index < -0.39 is 0 Å². The third kappa shape index (κ3) is 3.20. The molecular weight excluding hydrogens is 304 g/mol. The number of halogens is 3. The van der Waals surface area contributed by atoms with Gasteiger partial charge >= 0.3 is 0 Å². The lowest BCUT2D eigenvalue weighted by Gasteiger charge is -1.98. The van der Waals surface area contributed by atoms with Gasteiger partial charge in [0.25, 0.3) is 0 Å². The summed E-state index contributed by atoms with van der Waals surface area (Å²) < 4.78 is 0. The first kappa shape index (κ1) is 9.11. The minimum absolute atomic E-state index is 0.0399. The molecule has 0 aliphatic rings. The average Bonchev–Trinajstić information content (AvgIpc) is 1.84. The predicted octanol–water partition coefficient (Wildman–Crippen LogP) is 2.11. The highest BCUT2D eigenvalue weighted by Crippen LogP contribution is 2.05. The molecule has 0 fully saturated rings. The SMILES string of the molecule is O=C(CBr)C(Br)CBr. The van der Waals surface area contributed by atoms with Crippen molar-refractivity contribution in [3.8, 4) is 0 Å². The van der Waals surface area contributed by atoms with E-state index in [-0.39, 0.29) is 10.6 Å². The summed E-state index contributed by atoms with van der Waals surface area (Å²) in [6.07, 6.45) is 0. The Morgan fingerprint density at radius 3 is 2.12 bits per heavy atom. The van der Waals surface area contributed by atoms with Gasteiger partial charge in [0, 0.05) is 5.33 Å². The molecule has 0 aliphatic heterocycles. The second kappa shape index (κ2) is 4.94. The Kier molecular flexibility index (Phi) is 5.63. The summed E-state index contributed by atoms with van der Waals surface area (Å²) >= 11 is 9.40. The zero-order valence-corrected chi connectivity index (χ0v) is 8.79. The number of carbonyl (C=O) groups excluding carboxylic acids is 1. The van der Waals surface area contributed by atoms with E-state index in [4.69, 9.17) is 0 Å². The Balaban J connectivity index is 3.46. The van der Waals surface area contributed by atoms with Crippen molar-refractivity contribution in [3.05, 3.63) is 0 Å². The molecule has 1 nitrogen and oxygen atoms in total. The van der Waals surface area contributed by atoms with Gasteiger partial charge in [-0.25, -0.2) is 0 Å². The number of rotatable bonds is 3. The Hall–Kier alpha value is 1.11. The molecule has 0 aromatic heterocycles. The van der Waals surface area contributed by atoms with Gasteiger partial charge in [-0.05, 0) is 0 Å². The molecule has 0 saturated carbocycles. The molecule has 8 heavy (non-hydrogen) atoms. The van der Waals surface area contributed by atoms with Crippen molar-refractivity contribution in [2.45, 2.75) is 4.83 Å². The highest BCUT2D eigenvalue weighted by Gasteiger charge is 2.09. The number of hydrogen-bond acceptors (Lipinski definition) is 1. The van der Waals surface area contributed by atoms with E-state index in [1.54, 1.807) is 0 Å². The van der Waals surface area contributed by atoms with Crippen molar-refractivity contribution >= 4 is 53.6 Å². The Morgan fingerprint density at radius 1 is 1.50 bits per heavy atom.